The molecule has 5 nitrogen and oxygen atoms in total. The van der Waals surface area contributed by atoms with E-state index in [2.05, 4.69) is 10.3 Å². The van der Waals surface area contributed by atoms with Gasteiger partial charge in [0.15, 0.2) is 0 Å². The van der Waals surface area contributed by atoms with Crippen molar-refractivity contribution in [3.8, 4) is 0 Å². The molecular formula is C18H17F3N4O. The lowest BCUT2D eigenvalue weighted by atomic mass is 10.1. The van der Waals surface area contributed by atoms with Crippen molar-refractivity contribution in [2.75, 3.05) is 11.6 Å². The minimum atomic E-state index is -4.41. The number of hydrogen-bond acceptors (Lipinski definition) is 3. The lowest BCUT2D eigenvalue weighted by Crippen LogP contribution is -2.39. The molecule has 0 fully saturated rings. The molecule has 26 heavy (non-hydrogen) atoms. The van der Waals surface area contributed by atoms with E-state index >= 15 is 0 Å². The van der Waals surface area contributed by atoms with E-state index in [0.717, 1.165) is 17.7 Å². The van der Waals surface area contributed by atoms with Crippen molar-refractivity contribution >= 4 is 11.7 Å². The van der Waals surface area contributed by atoms with Gasteiger partial charge in [-0.1, -0.05) is 6.07 Å². The van der Waals surface area contributed by atoms with Crippen molar-refractivity contribution in [3.63, 3.8) is 0 Å². The van der Waals surface area contributed by atoms with Gasteiger partial charge in [-0.05, 0) is 42.8 Å². The number of carbonyl (C=O) groups excluding carboxylic acids is 1. The summed E-state index contributed by atoms with van der Waals surface area (Å²) in [6.45, 7) is 1.98. The summed E-state index contributed by atoms with van der Waals surface area (Å²) in [5, 5.41) is 2.85. The van der Waals surface area contributed by atoms with Crippen LogP contribution in [0.4, 0.5) is 23.7 Å². The average Bonchev–Trinajstić information content (AvgIpc) is 3.12. The molecule has 1 aliphatic rings. The van der Waals surface area contributed by atoms with Crippen LogP contribution < -0.4 is 10.2 Å². The summed E-state index contributed by atoms with van der Waals surface area (Å²) in [7, 11) is 0. The Bertz CT molecular complexity index is 808. The molecule has 1 aliphatic heterocycles. The first kappa shape index (κ1) is 17.8. The molecule has 1 atom stereocenters. The Kier molecular flexibility index (Phi) is 4.83. The van der Waals surface area contributed by atoms with Crippen molar-refractivity contribution in [2.24, 2.45) is 0 Å². The fourth-order valence-corrected chi connectivity index (χ4v) is 2.58. The van der Waals surface area contributed by atoms with Crippen LogP contribution in [0.5, 0.6) is 0 Å². The molecule has 0 aliphatic carbocycles. The Labute approximate surface area is 148 Å². The SMILES string of the molecule is C[C@H](NC(=O)N1C=CN(c2cccc(C(F)(F)F)c2)C1)c1ccncc1. The van der Waals surface area contributed by atoms with Crippen LogP contribution in [0.15, 0.2) is 61.2 Å². The zero-order valence-electron chi connectivity index (χ0n) is 13.9. The number of amides is 2. The molecule has 0 unspecified atom stereocenters. The minimum Gasteiger partial charge on any atom is -0.331 e. The number of alkyl halides is 3. The van der Waals surface area contributed by atoms with E-state index in [1.807, 2.05) is 6.92 Å². The molecule has 1 N–H and O–H groups in total. The van der Waals surface area contributed by atoms with Gasteiger partial charge in [0.25, 0.3) is 0 Å². The summed E-state index contributed by atoms with van der Waals surface area (Å²) >= 11 is 0. The van der Waals surface area contributed by atoms with Gasteiger partial charge in [-0.3, -0.25) is 9.88 Å². The predicted octanol–water partition coefficient (Wildman–Crippen LogP) is 4.12. The Balaban J connectivity index is 1.64. The maximum atomic E-state index is 12.8. The van der Waals surface area contributed by atoms with Crippen LogP contribution in [-0.4, -0.2) is 22.6 Å². The maximum Gasteiger partial charge on any atom is 0.416 e. The van der Waals surface area contributed by atoms with Crippen LogP contribution in [0.3, 0.4) is 0 Å². The number of halogens is 3. The second kappa shape index (κ2) is 7.07. The van der Waals surface area contributed by atoms with Crippen molar-refractivity contribution in [1.82, 2.24) is 15.2 Å². The summed E-state index contributed by atoms with van der Waals surface area (Å²) in [6.07, 6.45) is 1.99. The summed E-state index contributed by atoms with van der Waals surface area (Å²) in [6, 6.07) is 8.05. The Morgan fingerprint density at radius 3 is 2.62 bits per heavy atom. The van der Waals surface area contributed by atoms with Gasteiger partial charge in [-0.15, -0.1) is 0 Å². The third-order valence-electron chi connectivity index (χ3n) is 4.04. The van der Waals surface area contributed by atoms with Crippen LogP contribution in [0.25, 0.3) is 0 Å². The van der Waals surface area contributed by atoms with Crippen LogP contribution in [0.2, 0.25) is 0 Å². The lowest BCUT2D eigenvalue weighted by molar-refractivity contribution is -0.137. The molecule has 0 saturated carbocycles. The highest BCUT2D eigenvalue weighted by molar-refractivity contribution is 5.77. The first-order valence-electron chi connectivity index (χ1n) is 7.94. The molecule has 1 aromatic heterocycles. The Hall–Kier alpha value is -3.03. The average molecular weight is 362 g/mol. The zero-order chi connectivity index (χ0) is 18.7. The van der Waals surface area contributed by atoms with Crippen LogP contribution in [0.1, 0.15) is 24.1 Å². The molecule has 3 rings (SSSR count). The summed E-state index contributed by atoms with van der Waals surface area (Å²) in [5.74, 6) is 0. The molecule has 2 amide bonds. The monoisotopic (exact) mass is 362 g/mol. The molecular weight excluding hydrogens is 345 g/mol. The largest absolute Gasteiger partial charge is 0.416 e. The zero-order valence-corrected chi connectivity index (χ0v) is 13.9. The first-order chi connectivity index (χ1) is 12.3. The molecule has 8 heteroatoms. The normalized spacial score (nSPS) is 15.2. The van der Waals surface area contributed by atoms with Crippen LogP contribution in [0, 0.1) is 0 Å². The number of nitrogens with zero attached hydrogens (tertiary/aromatic N) is 3. The van der Waals surface area contributed by atoms with E-state index in [9.17, 15) is 18.0 Å². The van der Waals surface area contributed by atoms with Gasteiger partial charge in [0, 0.05) is 30.5 Å². The van der Waals surface area contributed by atoms with E-state index in [-0.39, 0.29) is 18.7 Å². The third kappa shape index (κ3) is 3.96. The number of urea groups is 1. The number of carbonyl (C=O) groups is 1. The lowest BCUT2D eigenvalue weighted by Gasteiger charge is -2.23. The van der Waals surface area contributed by atoms with E-state index in [1.165, 1.54) is 17.2 Å². The predicted molar refractivity (Wildman–Crippen MR) is 91.0 cm³/mol. The van der Waals surface area contributed by atoms with E-state index in [4.69, 9.17) is 0 Å². The molecule has 2 aromatic rings. The highest BCUT2D eigenvalue weighted by Gasteiger charge is 2.31. The second-order valence-corrected chi connectivity index (χ2v) is 5.88. The van der Waals surface area contributed by atoms with Gasteiger partial charge in [-0.2, -0.15) is 13.2 Å². The van der Waals surface area contributed by atoms with Gasteiger partial charge in [0.1, 0.15) is 6.67 Å². The summed E-state index contributed by atoms with van der Waals surface area (Å²) < 4.78 is 38.5. The standard InChI is InChI=1S/C18H17F3N4O/c1-13(14-5-7-22-8-6-14)23-17(26)25-10-9-24(12-25)16-4-2-3-15(11-16)18(19,20)21/h2-11,13H,12H2,1H3,(H,23,26)/t13-/m0/s1. The fourth-order valence-electron chi connectivity index (χ4n) is 2.58. The third-order valence-corrected chi connectivity index (χ3v) is 4.04. The molecule has 2 heterocycles. The molecule has 0 bridgehead atoms. The van der Waals surface area contributed by atoms with Gasteiger partial charge < -0.3 is 10.2 Å². The summed E-state index contributed by atoms with van der Waals surface area (Å²) in [4.78, 5) is 19.3. The number of anilines is 1. The van der Waals surface area contributed by atoms with Crippen LogP contribution >= 0.6 is 0 Å². The highest BCUT2D eigenvalue weighted by atomic mass is 19.4. The molecule has 0 saturated heterocycles. The quantitative estimate of drug-likeness (QED) is 0.893. The minimum absolute atomic E-state index is 0.135. The maximum absolute atomic E-state index is 12.8. The molecule has 0 spiro atoms. The summed E-state index contributed by atoms with van der Waals surface area (Å²) in [5.41, 5.74) is 0.553. The molecule has 136 valence electrons. The van der Waals surface area contributed by atoms with Gasteiger partial charge in [0.05, 0.1) is 11.6 Å². The smallest absolute Gasteiger partial charge is 0.331 e. The number of nitrogens with one attached hydrogen (secondary N) is 1. The first-order valence-corrected chi connectivity index (χ1v) is 7.94. The highest BCUT2D eigenvalue weighted by Crippen LogP contribution is 2.32. The van der Waals surface area contributed by atoms with Crippen molar-refractivity contribution in [1.29, 1.82) is 0 Å². The van der Waals surface area contributed by atoms with E-state index in [1.54, 1.807) is 41.7 Å². The van der Waals surface area contributed by atoms with Crippen molar-refractivity contribution in [2.45, 2.75) is 19.1 Å². The van der Waals surface area contributed by atoms with Gasteiger partial charge in [0.2, 0.25) is 0 Å². The van der Waals surface area contributed by atoms with Crippen molar-refractivity contribution < 1.29 is 18.0 Å². The number of aromatic nitrogens is 1. The Morgan fingerprint density at radius 2 is 1.92 bits per heavy atom. The molecule has 1 aromatic carbocycles. The Morgan fingerprint density at radius 1 is 1.19 bits per heavy atom. The topological polar surface area (TPSA) is 48.5 Å². The van der Waals surface area contributed by atoms with Crippen LogP contribution in [-0.2, 0) is 6.18 Å². The van der Waals surface area contributed by atoms with Crippen molar-refractivity contribution in [3.05, 3.63) is 72.3 Å². The number of rotatable bonds is 3. The van der Waals surface area contributed by atoms with Gasteiger partial charge >= 0.3 is 12.2 Å². The molecule has 0 radical (unpaired) electrons. The van der Waals surface area contributed by atoms with E-state index < -0.39 is 11.7 Å². The number of hydrogen-bond donors (Lipinski definition) is 1. The van der Waals surface area contributed by atoms with E-state index in [0.29, 0.717) is 5.69 Å². The second-order valence-electron chi connectivity index (χ2n) is 5.88. The fraction of sp³-hybridized carbons (Fsp3) is 0.222. The number of pyridine rings is 1. The van der Waals surface area contributed by atoms with Gasteiger partial charge in [-0.25, -0.2) is 4.79 Å². The number of benzene rings is 1.